The number of carbonyl (C=O) groups is 1. The number of nitrogens with one attached hydrogen (secondary N) is 2. The second-order valence-electron chi connectivity index (χ2n) is 6.80. The lowest BCUT2D eigenvalue weighted by molar-refractivity contribution is -0.133. The SMILES string of the molecule is CN=C(NCCc1ccc(C)cc1)NC1CCN(C(=O)C(C)C)C1.I. The van der Waals surface area contributed by atoms with Crippen LogP contribution in [0.25, 0.3) is 0 Å². The van der Waals surface area contributed by atoms with Crippen LogP contribution in [0.4, 0.5) is 0 Å². The van der Waals surface area contributed by atoms with E-state index in [2.05, 4.69) is 46.8 Å². The molecule has 2 rings (SSSR count). The molecule has 140 valence electrons. The summed E-state index contributed by atoms with van der Waals surface area (Å²) in [5.41, 5.74) is 2.60. The van der Waals surface area contributed by atoms with E-state index in [1.54, 1.807) is 7.05 Å². The van der Waals surface area contributed by atoms with Crippen LogP contribution in [0.15, 0.2) is 29.3 Å². The van der Waals surface area contributed by atoms with Gasteiger partial charge in [-0.1, -0.05) is 43.7 Å². The monoisotopic (exact) mass is 458 g/mol. The molecule has 0 saturated carbocycles. The van der Waals surface area contributed by atoms with Gasteiger partial charge < -0.3 is 15.5 Å². The van der Waals surface area contributed by atoms with Crippen molar-refractivity contribution in [2.75, 3.05) is 26.7 Å². The Morgan fingerprint density at radius 2 is 2.00 bits per heavy atom. The van der Waals surface area contributed by atoms with Crippen LogP contribution in [0.3, 0.4) is 0 Å². The van der Waals surface area contributed by atoms with Gasteiger partial charge in [0.1, 0.15) is 0 Å². The van der Waals surface area contributed by atoms with Crippen LogP contribution in [0.2, 0.25) is 0 Å². The maximum atomic E-state index is 12.1. The molecule has 0 aromatic heterocycles. The molecule has 1 fully saturated rings. The van der Waals surface area contributed by atoms with Crippen LogP contribution in [0, 0.1) is 12.8 Å². The molecular weight excluding hydrogens is 427 g/mol. The fourth-order valence-electron chi connectivity index (χ4n) is 2.91. The number of benzene rings is 1. The number of rotatable bonds is 5. The van der Waals surface area contributed by atoms with E-state index in [1.165, 1.54) is 11.1 Å². The van der Waals surface area contributed by atoms with E-state index >= 15 is 0 Å². The van der Waals surface area contributed by atoms with Crippen molar-refractivity contribution in [1.29, 1.82) is 0 Å². The van der Waals surface area contributed by atoms with Crippen molar-refractivity contribution in [2.45, 2.75) is 39.7 Å². The van der Waals surface area contributed by atoms with Crippen molar-refractivity contribution in [3.8, 4) is 0 Å². The van der Waals surface area contributed by atoms with Gasteiger partial charge in [-0.3, -0.25) is 9.79 Å². The largest absolute Gasteiger partial charge is 0.356 e. The maximum Gasteiger partial charge on any atom is 0.225 e. The predicted molar refractivity (Wildman–Crippen MR) is 115 cm³/mol. The first-order valence-corrected chi connectivity index (χ1v) is 8.81. The molecule has 0 radical (unpaired) electrons. The Morgan fingerprint density at radius 1 is 1.32 bits per heavy atom. The van der Waals surface area contributed by atoms with Crippen LogP contribution >= 0.6 is 24.0 Å². The zero-order valence-electron chi connectivity index (χ0n) is 15.7. The van der Waals surface area contributed by atoms with Crippen molar-refractivity contribution in [3.63, 3.8) is 0 Å². The molecule has 6 heteroatoms. The number of aryl methyl sites for hydroxylation is 1. The highest BCUT2D eigenvalue weighted by Crippen LogP contribution is 2.12. The molecule has 1 heterocycles. The molecule has 5 nitrogen and oxygen atoms in total. The van der Waals surface area contributed by atoms with Gasteiger partial charge in [0.05, 0.1) is 0 Å². The first-order valence-electron chi connectivity index (χ1n) is 8.81. The second kappa shape index (κ2) is 10.6. The zero-order valence-corrected chi connectivity index (χ0v) is 18.0. The fraction of sp³-hybridized carbons (Fsp3) is 0.579. The highest BCUT2D eigenvalue weighted by Gasteiger charge is 2.27. The Labute approximate surface area is 168 Å². The Hall–Kier alpha value is -1.31. The van der Waals surface area contributed by atoms with Crippen molar-refractivity contribution < 1.29 is 4.79 Å². The van der Waals surface area contributed by atoms with Crippen molar-refractivity contribution >= 4 is 35.8 Å². The number of halogens is 1. The van der Waals surface area contributed by atoms with Crippen LogP contribution in [-0.2, 0) is 11.2 Å². The van der Waals surface area contributed by atoms with Gasteiger partial charge >= 0.3 is 0 Å². The van der Waals surface area contributed by atoms with E-state index in [0.29, 0.717) is 0 Å². The van der Waals surface area contributed by atoms with Gasteiger partial charge in [-0.15, -0.1) is 24.0 Å². The van der Waals surface area contributed by atoms with Crippen LogP contribution in [0.5, 0.6) is 0 Å². The van der Waals surface area contributed by atoms with Crippen LogP contribution in [-0.4, -0.2) is 49.5 Å². The Balaban J connectivity index is 0.00000312. The summed E-state index contributed by atoms with van der Waals surface area (Å²) in [6.07, 6.45) is 1.93. The van der Waals surface area contributed by atoms with E-state index in [1.807, 2.05) is 18.7 Å². The summed E-state index contributed by atoms with van der Waals surface area (Å²) in [4.78, 5) is 18.3. The molecule has 1 aromatic carbocycles. The average molecular weight is 458 g/mol. The predicted octanol–water partition coefficient (Wildman–Crippen LogP) is 2.58. The standard InChI is InChI=1S/C19H30N4O.HI/c1-14(2)18(24)23-12-10-17(13-23)22-19(20-4)21-11-9-16-7-5-15(3)6-8-16;/h5-8,14,17H,9-13H2,1-4H3,(H2,20,21,22);1H. The summed E-state index contributed by atoms with van der Waals surface area (Å²) in [7, 11) is 1.78. The summed E-state index contributed by atoms with van der Waals surface area (Å²) in [5, 5.41) is 6.79. The molecule has 25 heavy (non-hydrogen) atoms. The number of nitrogens with zero attached hydrogens (tertiary/aromatic N) is 2. The van der Waals surface area contributed by atoms with E-state index < -0.39 is 0 Å². The number of likely N-dealkylation sites (tertiary alicyclic amines) is 1. The van der Waals surface area contributed by atoms with E-state index in [9.17, 15) is 4.79 Å². The minimum Gasteiger partial charge on any atom is -0.356 e. The van der Waals surface area contributed by atoms with E-state index in [-0.39, 0.29) is 41.8 Å². The first-order chi connectivity index (χ1) is 11.5. The molecule has 1 aromatic rings. The Kier molecular flexibility index (Phi) is 9.24. The smallest absolute Gasteiger partial charge is 0.225 e. The summed E-state index contributed by atoms with van der Waals surface area (Å²) in [6.45, 7) is 8.43. The topological polar surface area (TPSA) is 56.7 Å². The molecular formula is C19H31IN4O. The summed E-state index contributed by atoms with van der Waals surface area (Å²) < 4.78 is 0. The third-order valence-electron chi connectivity index (χ3n) is 4.38. The number of amides is 1. The van der Waals surface area contributed by atoms with Gasteiger partial charge in [0.25, 0.3) is 0 Å². The van der Waals surface area contributed by atoms with E-state index in [0.717, 1.165) is 38.4 Å². The molecule has 0 bridgehead atoms. The van der Waals surface area contributed by atoms with Crippen LogP contribution < -0.4 is 10.6 Å². The van der Waals surface area contributed by atoms with Crippen LogP contribution in [0.1, 0.15) is 31.4 Å². The Morgan fingerprint density at radius 3 is 2.60 bits per heavy atom. The minimum atomic E-state index is 0. The lowest BCUT2D eigenvalue weighted by Gasteiger charge is -2.20. The molecule has 0 spiro atoms. The number of aliphatic imine (C=N–C) groups is 1. The minimum absolute atomic E-state index is 0. The highest BCUT2D eigenvalue weighted by atomic mass is 127. The molecule has 2 N–H and O–H groups in total. The fourth-order valence-corrected chi connectivity index (χ4v) is 2.91. The quantitative estimate of drug-likeness (QED) is 0.405. The molecule has 0 aliphatic carbocycles. The van der Waals surface area contributed by atoms with Gasteiger partial charge in [-0.25, -0.2) is 0 Å². The third-order valence-corrected chi connectivity index (χ3v) is 4.38. The van der Waals surface area contributed by atoms with Crippen molar-refractivity contribution in [2.24, 2.45) is 10.9 Å². The van der Waals surface area contributed by atoms with Gasteiger partial charge in [-0.05, 0) is 25.3 Å². The average Bonchev–Trinajstić information content (AvgIpc) is 3.03. The number of guanidine groups is 1. The van der Waals surface area contributed by atoms with Gasteiger partial charge in [-0.2, -0.15) is 0 Å². The number of carbonyl (C=O) groups excluding carboxylic acids is 1. The number of hydrogen-bond acceptors (Lipinski definition) is 2. The van der Waals surface area contributed by atoms with Crippen molar-refractivity contribution in [3.05, 3.63) is 35.4 Å². The highest BCUT2D eigenvalue weighted by molar-refractivity contribution is 14.0. The van der Waals surface area contributed by atoms with Gasteiger partial charge in [0.2, 0.25) is 5.91 Å². The second-order valence-corrected chi connectivity index (χ2v) is 6.80. The molecule has 1 amide bonds. The Bertz CT molecular complexity index is 571. The third kappa shape index (κ3) is 6.84. The molecule has 1 aliphatic heterocycles. The normalized spacial score (nSPS) is 17.4. The van der Waals surface area contributed by atoms with Crippen molar-refractivity contribution in [1.82, 2.24) is 15.5 Å². The molecule has 1 aliphatic rings. The first kappa shape index (κ1) is 21.7. The van der Waals surface area contributed by atoms with Gasteiger partial charge in [0, 0.05) is 38.6 Å². The lowest BCUT2D eigenvalue weighted by atomic mass is 10.1. The van der Waals surface area contributed by atoms with Gasteiger partial charge in [0.15, 0.2) is 5.96 Å². The molecule has 1 saturated heterocycles. The zero-order chi connectivity index (χ0) is 17.5. The van der Waals surface area contributed by atoms with E-state index in [4.69, 9.17) is 0 Å². The summed E-state index contributed by atoms with van der Waals surface area (Å²) in [6, 6.07) is 8.89. The molecule has 1 atom stereocenters. The lowest BCUT2D eigenvalue weighted by Crippen LogP contribution is -2.45. The molecule has 1 unspecified atom stereocenters. The maximum absolute atomic E-state index is 12.1. The summed E-state index contributed by atoms with van der Waals surface area (Å²) >= 11 is 0. The number of hydrogen-bond donors (Lipinski definition) is 2. The summed E-state index contributed by atoms with van der Waals surface area (Å²) in [5.74, 6) is 1.11.